The number of hydrogen-bond donors (Lipinski definition) is 1. The number of benzene rings is 2. The summed E-state index contributed by atoms with van der Waals surface area (Å²) in [7, 11) is 0. The highest BCUT2D eigenvalue weighted by molar-refractivity contribution is 9.10. The van der Waals surface area contributed by atoms with Gasteiger partial charge in [-0.2, -0.15) is 5.26 Å². The van der Waals surface area contributed by atoms with Crippen LogP contribution in [0.5, 0.6) is 0 Å². The van der Waals surface area contributed by atoms with Crippen LogP contribution < -0.4 is 5.32 Å². The molecule has 3 rings (SSSR count). The lowest BCUT2D eigenvalue weighted by Crippen LogP contribution is -2.35. The van der Waals surface area contributed by atoms with Crippen LogP contribution in [-0.2, 0) is 0 Å². The van der Waals surface area contributed by atoms with Gasteiger partial charge in [-0.3, -0.25) is 14.9 Å². The van der Waals surface area contributed by atoms with Crippen LogP contribution in [-0.4, -0.2) is 11.8 Å². The Morgan fingerprint density at radius 1 is 1.06 bits per heavy atom. The summed E-state index contributed by atoms with van der Waals surface area (Å²) in [6.45, 7) is 0. The first kappa shape index (κ1) is 10.9. The van der Waals surface area contributed by atoms with Crippen molar-refractivity contribution in [3.8, 4) is 6.07 Å². The molecule has 0 unspecified atom stereocenters. The predicted molar refractivity (Wildman–Crippen MR) is 68.2 cm³/mol. The van der Waals surface area contributed by atoms with Crippen molar-refractivity contribution in [3.05, 3.63) is 45.4 Å². The number of carbonyl (C=O) groups is 2. The van der Waals surface area contributed by atoms with E-state index in [1.807, 2.05) is 6.07 Å². The fourth-order valence-electron chi connectivity index (χ4n) is 2.17. The number of nitrogens with one attached hydrogen (secondary N) is 1. The summed E-state index contributed by atoms with van der Waals surface area (Å²) in [5.74, 6) is -0.965. The summed E-state index contributed by atoms with van der Waals surface area (Å²) in [6.07, 6.45) is 0. The molecule has 0 fully saturated rings. The predicted octanol–water partition coefficient (Wildman–Crippen LogP) is 2.36. The van der Waals surface area contributed by atoms with Gasteiger partial charge in [-0.05, 0) is 33.4 Å². The first-order valence-corrected chi connectivity index (χ1v) is 5.94. The van der Waals surface area contributed by atoms with Gasteiger partial charge in [0, 0.05) is 9.86 Å². The molecule has 86 valence electrons. The maximum absolute atomic E-state index is 11.9. The monoisotopic (exact) mass is 300 g/mol. The molecule has 2 amide bonds. The molecule has 0 radical (unpaired) electrons. The number of nitriles is 1. The summed E-state index contributed by atoms with van der Waals surface area (Å²) in [6, 6.07) is 8.86. The van der Waals surface area contributed by atoms with E-state index in [1.165, 1.54) is 0 Å². The van der Waals surface area contributed by atoms with Gasteiger partial charge in [-0.15, -0.1) is 0 Å². The van der Waals surface area contributed by atoms with E-state index in [9.17, 15) is 9.59 Å². The van der Waals surface area contributed by atoms with Crippen LogP contribution in [0.3, 0.4) is 0 Å². The summed E-state index contributed by atoms with van der Waals surface area (Å²) in [4.78, 5) is 23.7. The van der Waals surface area contributed by atoms with Crippen molar-refractivity contribution in [1.82, 2.24) is 5.32 Å². The molecule has 0 spiro atoms. The third kappa shape index (κ3) is 1.30. The highest BCUT2D eigenvalue weighted by Gasteiger charge is 2.29. The van der Waals surface area contributed by atoms with Gasteiger partial charge in [0.25, 0.3) is 11.8 Å². The topological polar surface area (TPSA) is 70.0 Å². The molecule has 2 aromatic rings. The van der Waals surface area contributed by atoms with E-state index in [0.717, 1.165) is 5.39 Å². The van der Waals surface area contributed by atoms with E-state index in [2.05, 4.69) is 21.2 Å². The Labute approximate surface area is 110 Å². The third-order valence-corrected chi connectivity index (χ3v) is 3.60. The summed E-state index contributed by atoms with van der Waals surface area (Å²) in [5.41, 5.74) is 0.942. The van der Waals surface area contributed by atoms with Crippen LogP contribution in [0.2, 0.25) is 0 Å². The van der Waals surface area contributed by atoms with E-state index in [-0.39, 0.29) is 11.1 Å². The van der Waals surface area contributed by atoms with Crippen molar-refractivity contribution in [1.29, 1.82) is 5.26 Å². The number of amides is 2. The lowest BCUT2D eigenvalue weighted by molar-refractivity contribution is 0.0844. The summed E-state index contributed by atoms with van der Waals surface area (Å²) >= 11 is 3.30. The molecule has 0 bridgehead atoms. The molecule has 1 aliphatic rings. The minimum Gasteiger partial charge on any atom is -0.288 e. The minimum absolute atomic E-state index is 0.269. The molecule has 4 nitrogen and oxygen atoms in total. The zero-order chi connectivity index (χ0) is 12.9. The van der Waals surface area contributed by atoms with E-state index in [1.54, 1.807) is 24.3 Å². The number of hydrogen-bond acceptors (Lipinski definition) is 3. The molecule has 1 heterocycles. The number of nitrogens with zero attached hydrogens (tertiary/aromatic N) is 1. The Hall–Kier alpha value is -2.19. The molecule has 0 saturated carbocycles. The second-order valence-corrected chi connectivity index (χ2v) is 4.76. The van der Waals surface area contributed by atoms with Crippen molar-refractivity contribution in [2.24, 2.45) is 0 Å². The lowest BCUT2D eigenvalue weighted by Gasteiger charge is -2.18. The quantitative estimate of drug-likeness (QED) is 0.759. The molecular weight excluding hydrogens is 296 g/mol. The lowest BCUT2D eigenvalue weighted by atomic mass is 9.92. The van der Waals surface area contributed by atoms with E-state index in [4.69, 9.17) is 5.26 Å². The van der Waals surface area contributed by atoms with Crippen LogP contribution >= 0.6 is 15.9 Å². The molecule has 18 heavy (non-hydrogen) atoms. The highest BCUT2D eigenvalue weighted by atomic mass is 79.9. The molecule has 5 heteroatoms. The first-order valence-electron chi connectivity index (χ1n) is 5.14. The third-order valence-electron chi connectivity index (χ3n) is 2.94. The molecule has 0 aliphatic carbocycles. The van der Waals surface area contributed by atoms with Gasteiger partial charge in [0.05, 0.1) is 22.8 Å². The van der Waals surface area contributed by atoms with Crippen LogP contribution in [0.1, 0.15) is 26.3 Å². The van der Waals surface area contributed by atoms with Gasteiger partial charge in [0.15, 0.2) is 0 Å². The van der Waals surface area contributed by atoms with Crippen molar-refractivity contribution < 1.29 is 9.59 Å². The molecule has 1 aliphatic heterocycles. The summed E-state index contributed by atoms with van der Waals surface area (Å²) in [5, 5.41) is 12.6. The maximum atomic E-state index is 11.9. The van der Waals surface area contributed by atoms with Crippen LogP contribution in [0.15, 0.2) is 28.7 Å². The average molecular weight is 301 g/mol. The number of rotatable bonds is 0. The standard InChI is InChI=1S/C13H5BrN2O2/c14-8-4-3-6-1-2-7(5-15)10-9(6)11(8)13(18)16-12(10)17/h1-4H,(H,16,17,18). The fraction of sp³-hybridized carbons (Fsp3) is 0. The van der Waals surface area contributed by atoms with Crippen molar-refractivity contribution in [2.75, 3.05) is 0 Å². The van der Waals surface area contributed by atoms with Gasteiger partial charge >= 0.3 is 0 Å². The molecular formula is C13H5BrN2O2. The Bertz CT molecular complexity index is 775. The Morgan fingerprint density at radius 2 is 1.72 bits per heavy atom. The summed E-state index contributed by atoms with van der Waals surface area (Å²) < 4.78 is 0.608. The highest BCUT2D eigenvalue weighted by Crippen LogP contribution is 2.33. The van der Waals surface area contributed by atoms with E-state index in [0.29, 0.717) is 15.4 Å². The van der Waals surface area contributed by atoms with Gasteiger partial charge in [0.1, 0.15) is 0 Å². The number of halogens is 1. The van der Waals surface area contributed by atoms with Gasteiger partial charge in [-0.25, -0.2) is 0 Å². The van der Waals surface area contributed by atoms with Crippen LogP contribution in [0.25, 0.3) is 10.8 Å². The molecule has 2 aromatic carbocycles. The molecule has 1 N–H and O–H groups in total. The maximum Gasteiger partial charge on any atom is 0.260 e. The Balaban J connectivity index is 2.62. The van der Waals surface area contributed by atoms with E-state index >= 15 is 0 Å². The largest absolute Gasteiger partial charge is 0.288 e. The number of carbonyl (C=O) groups excluding carboxylic acids is 2. The smallest absolute Gasteiger partial charge is 0.260 e. The van der Waals surface area contributed by atoms with Crippen molar-refractivity contribution in [2.45, 2.75) is 0 Å². The van der Waals surface area contributed by atoms with Gasteiger partial charge in [-0.1, -0.05) is 12.1 Å². The van der Waals surface area contributed by atoms with Crippen LogP contribution in [0.4, 0.5) is 0 Å². The second kappa shape index (κ2) is 3.65. The molecule has 0 aromatic heterocycles. The van der Waals surface area contributed by atoms with Crippen LogP contribution in [0, 0.1) is 11.3 Å². The molecule has 0 atom stereocenters. The SMILES string of the molecule is N#Cc1ccc2ccc(Br)c3c2c1C(=O)NC3=O. The van der Waals surface area contributed by atoms with Gasteiger partial charge in [0.2, 0.25) is 0 Å². The minimum atomic E-state index is -0.521. The fourth-order valence-corrected chi connectivity index (χ4v) is 2.68. The average Bonchev–Trinajstić information content (AvgIpc) is 2.35. The Kier molecular flexibility index (Phi) is 2.22. The molecule has 0 saturated heterocycles. The van der Waals surface area contributed by atoms with Crippen molar-refractivity contribution >= 4 is 38.5 Å². The normalized spacial score (nSPS) is 13.3. The Morgan fingerprint density at radius 3 is 2.44 bits per heavy atom. The second-order valence-electron chi connectivity index (χ2n) is 3.90. The van der Waals surface area contributed by atoms with E-state index < -0.39 is 11.8 Å². The zero-order valence-electron chi connectivity index (χ0n) is 8.95. The zero-order valence-corrected chi connectivity index (χ0v) is 10.5. The van der Waals surface area contributed by atoms with Gasteiger partial charge < -0.3 is 0 Å². The van der Waals surface area contributed by atoms with Crippen molar-refractivity contribution in [3.63, 3.8) is 0 Å². The number of imide groups is 1. The first-order chi connectivity index (χ1) is 8.63.